The van der Waals surface area contributed by atoms with Crippen LogP contribution in [0, 0.1) is 0 Å². The van der Waals surface area contributed by atoms with Gasteiger partial charge in [-0.3, -0.25) is 0 Å². The number of para-hydroxylation sites is 1. The van der Waals surface area contributed by atoms with Crippen LogP contribution in [0.2, 0.25) is 0 Å². The van der Waals surface area contributed by atoms with Crippen LogP contribution in [0.4, 0.5) is 17.1 Å². The topological polar surface area (TPSA) is 219 Å². The molecule has 0 atom stereocenters. The Balaban J connectivity index is 0.000000473. The summed E-state index contributed by atoms with van der Waals surface area (Å²) >= 11 is 0. The second-order valence-electron chi connectivity index (χ2n) is 7.51. The summed E-state index contributed by atoms with van der Waals surface area (Å²) in [6.45, 7) is 1.79. The van der Waals surface area contributed by atoms with Gasteiger partial charge in [-0.25, -0.2) is 4.79 Å². The zero-order chi connectivity index (χ0) is 28.8. The number of anilines is 3. The monoisotopic (exact) mass is 519 g/mol. The molecule has 9 heteroatoms. The van der Waals surface area contributed by atoms with Crippen molar-refractivity contribution in [1.82, 2.24) is 0 Å². The van der Waals surface area contributed by atoms with E-state index in [4.69, 9.17) is 39.5 Å². The summed E-state index contributed by atoms with van der Waals surface area (Å²) in [4.78, 5) is 10.3. The third-order valence-electron chi connectivity index (χ3n) is 4.67. The van der Waals surface area contributed by atoms with E-state index in [1.807, 2.05) is 78.9 Å². The van der Waals surface area contributed by atoms with Gasteiger partial charge in [0, 0.05) is 36.7 Å². The van der Waals surface area contributed by atoms with Gasteiger partial charge in [-0.15, -0.1) is 0 Å². The highest BCUT2D eigenvalue weighted by Gasteiger charge is 1.98. The quantitative estimate of drug-likeness (QED) is 0.185. The number of nitrogen functional groups attached to an aromatic ring is 3. The molecule has 4 aromatic rings. The summed E-state index contributed by atoms with van der Waals surface area (Å²) in [5.41, 5.74) is 42.7. The van der Waals surface area contributed by atoms with Crippen molar-refractivity contribution in [3.8, 4) is 0 Å². The second kappa shape index (κ2) is 20.7. The molecule has 0 heterocycles. The van der Waals surface area contributed by atoms with Crippen molar-refractivity contribution in [2.75, 3.05) is 24.2 Å². The normalized spacial score (nSPS) is 8.97. The molecule has 0 saturated heterocycles. The van der Waals surface area contributed by atoms with E-state index >= 15 is 0 Å². The molecule has 0 aliphatic heterocycles. The number of carboxylic acids is 1. The molecule has 15 N–H and O–H groups in total. The lowest BCUT2D eigenvalue weighted by molar-refractivity contribution is 0.0697. The Kier molecular flexibility index (Phi) is 18.3. The minimum atomic E-state index is -0.931. The van der Waals surface area contributed by atoms with Crippen LogP contribution in [0.3, 0.4) is 0 Å². The predicted octanol–water partition coefficient (Wildman–Crippen LogP) is 3.14. The van der Waals surface area contributed by atoms with E-state index in [1.165, 1.54) is 19.2 Å². The van der Waals surface area contributed by atoms with Crippen LogP contribution in [0.5, 0.6) is 0 Å². The molecule has 204 valence electrons. The summed E-state index contributed by atoms with van der Waals surface area (Å²) < 4.78 is 0. The number of hydrogen-bond acceptors (Lipinski definition) is 8. The molecule has 0 radical (unpaired) electrons. The zero-order valence-electron chi connectivity index (χ0n) is 21.8. The number of carboxylic acid groups (broad SMARTS) is 1. The van der Waals surface area contributed by atoms with Crippen molar-refractivity contribution in [3.05, 3.63) is 125 Å². The van der Waals surface area contributed by atoms with Crippen molar-refractivity contribution in [2.24, 2.45) is 22.9 Å². The molecule has 38 heavy (non-hydrogen) atoms. The van der Waals surface area contributed by atoms with Crippen molar-refractivity contribution in [3.63, 3.8) is 0 Å². The van der Waals surface area contributed by atoms with Gasteiger partial charge in [-0.05, 0) is 72.3 Å². The molecule has 0 fully saturated rings. The number of rotatable bonds is 4. The zero-order valence-corrected chi connectivity index (χ0v) is 21.8. The van der Waals surface area contributed by atoms with Crippen LogP contribution in [0.1, 0.15) is 27.0 Å². The predicted molar refractivity (Wildman–Crippen MR) is 160 cm³/mol. The van der Waals surface area contributed by atoms with Crippen LogP contribution < -0.4 is 40.1 Å². The average molecular weight is 520 g/mol. The average Bonchev–Trinajstić information content (AvgIpc) is 2.96. The van der Waals surface area contributed by atoms with E-state index in [9.17, 15) is 4.79 Å². The van der Waals surface area contributed by atoms with Gasteiger partial charge in [0.2, 0.25) is 0 Å². The summed E-state index contributed by atoms with van der Waals surface area (Å²) in [6, 6.07) is 31.1. The molecule has 0 unspecified atom stereocenters. The summed E-state index contributed by atoms with van der Waals surface area (Å²) in [5.74, 6) is -0.931. The van der Waals surface area contributed by atoms with Crippen molar-refractivity contribution in [1.29, 1.82) is 0 Å². The van der Waals surface area contributed by atoms with Gasteiger partial charge in [-0.2, -0.15) is 0 Å². The van der Waals surface area contributed by atoms with Gasteiger partial charge in [0.15, 0.2) is 0 Å². The Morgan fingerprint density at radius 3 is 1.08 bits per heavy atom. The first kappa shape index (κ1) is 33.6. The first-order valence-electron chi connectivity index (χ1n) is 11.8. The lowest BCUT2D eigenvalue weighted by Gasteiger charge is -1.97. The molecule has 0 saturated carbocycles. The van der Waals surface area contributed by atoms with E-state index < -0.39 is 5.97 Å². The molecule has 0 bridgehead atoms. The number of hydrogen-bond donors (Lipinski definition) is 8. The molecule has 0 aliphatic rings. The van der Waals surface area contributed by atoms with Gasteiger partial charge in [0.1, 0.15) is 0 Å². The maximum Gasteiger partial charge on any atom is 0.335 e. The fourth-order valence-electron chi connectivity index (χ4n) is 2.54. The first-order chi connectivity index (χ1) is 18.3. The van der Waals surface area contributed by atoms with E-state index in [2.05, 4.69) is 5.73 Å². The molecule has 0 amide bonds. The standard InChI is InChI=1S/C8H12N2.C7H10N2.C7H7NO2.C6H7N.CH5N/c9-5-7-1-2-8(6-10)4-3-7;8-5-6-1-3-7(9)4-2-6;8-6-3-1-5(2-4-6)7(9)10;7-6-4-2-1-3-5-6;1-2/h1-4H,5-6,9-10H2;1-4H,5,8-9H2;1-4H,8H2,(H,9,10);1-5H,7H2;2H2,1H3. The molecule has 4 aromatic carbocycles. The lowest BCUT2D eigenvalue weighted by atomic mass is 10.1. The summed E-state index contributed by atoms with van der Waals surface area (Å²) in [6.07, 6.45) is 0. The van der Waals surface area contributed by atoms with Crippen molar-refractivity contribution in [2.45, 2.75) is 19.6 Å². The Labute approximate surface area is 225 Å². The Morgan fingerprint density at radius 1 is 0.526 bits per heavy atom. The van der Waals surface area contributed by atoms with Crippen LogP contribution in [-0.2, 0) is 19.6 Å². The van der Waals surface area contributed by atoms with Gasteiger partial charge < -0.3 is 45.2 Å². The summed E-state index contributed by atoms with van der Waals surface area (Å²) in [5, 5.41) is 8.43. The van der Waals surface area contributed by atoms with Crippen molar-refractivity contribution >= 4 is 23.0 Å². The van der Waals surface area contributed by atoms with Crippen LogP contribution in [0.25, 0.3) is 0 Å². The second-order valence-corrected chi connectivity index (χ2v) is 7.51. The third kappa shape index (κ3) is 15.6. The van der Waals surface area contributed by atoms with E-state index in [1.54, 1.807) is 12.1 Å². The van der Waals surface area contributed by atoms with Crippen LogP contribution in [0.15, 0.2) is 103 Å². The highest BCUT2D eigenvalue weighted by Crippen LogP contribution is 2.05. The minimum Gasteiger partial charge on any atom is -0.478 e. The molecule has 0 spiro atoms. The maximum atomic E-state index is 10.3. The number of nitrogens with two attached hydrogens (primary N) is 7. The number of aromatic carboxylic acids is 1. The van der Waals surface area contributed by atoms with Crippen LogP contribution in [-0.4, -0.2) is 18.1 Å². The van der Waals surface area contributed by atoms with Crippen LogP contribution >= 0.6 is 0 Å². The van der Waals surface area contributed by atoms with Gasteiger partial charge in [-0.1, -0.05) is 54.6 Å². The molecule has 9 nitrogen and oxygen atoms in total. The Bertz CT molecular complexity index is 1100. The lowest BCUT2D eigenvalue weighted by Crippen LogP contribution is -1.98. The van der Waals surface area contributed by atoms with E-state index in [0.29, 0.717) is 25.3 Å². The van der Waals surface area contributed by atoms with E-state index in [-0.39, 0.29) is 5.56 Å². The van der Waals surface area contributed by atoms with Gasteiger partial charge >= 0.3 is 5.97 Å². The molecule has 0 aliphatic carbocycles. The largest absolute Gasteiger partial charge is 0.478 e. The third-order valence-corrected chi connectivity index (χ3v) is 4.67. The first-order valence-corrected chi connectivity index (χ1v) is 11.8. The maximum absolute atomic E-state index is 10.3. The SMILES string of the molecule is CN.NCc1ccc(CN)cc1.NCc1ccc(N)cc1.Nc1ccc(C(=O)O)cc1.Nc1ccccc1. The number of carbonyl (C=O) groups is 1. The van der Waals surface area contributed by atoms with Crippen molar-refractivity contribution < 1.29 is 9.90 Å². The number of benzene rings is 4. The molecule has 0 aromatic heterocycles. The smallest absolute Gasteiger partial charge is 0.335 e. The highest BCUT2D eigenvalue weighted by molar-refractivity contribution is 5.87. The Morgan fingerprint density at radius 2 is 0.816 bits per heavy atom. The highest BCUT2D eigenvalue weighted by atomic mass is 16.4. The van der Waals surface area contributed by atoms with Gasteiger partial charge in [0.05, 0.1) is 5.56 Å². The summed E-state index contributed by atoms with van der Waals surface area (Å²) in [7, 11) is 1.50. The Hall–Kier alpha value is -4.41. The fourth-order valence-corrected chi connectivity index (χ4v) is 2.54. The van der Waals surface area contributed by atoms with E-state index in [0.717, 1.165) is 28.1 Å². The van der Waals surface area contributed by atoms with Gasteiger partial charge in [0.25, 0.3) is 0 Å². The fraction of sp³-hybridized carbons (Fsp3) is 0.138. The molecule has 4 rings (SSSR count). The molecular weight excluding hydrogens is 478 g/mol. The molecular formula is C29H41N7O2. The minimum absolute atomic E-state index is 0.259.